The minimum atomic E-state index is 1.16. The van der Waals surface area contributed by atoms with Crippen LogP contribution in [0.2, 0.25) is 0 Å². The second-order valence-electron chi connectivity index (χ2n) is 4.90. The highest BCUT2D eigenvalue weighted by atomic mass is 15.1. The number of aryl methyl sites for hydroxylation is 2. The van der Waals surface area contributed by atoms with Gasteiger partial charge in [-0.2, -0.15) is 0 Å². The molecule has 0 aliphatic heterocycles. The van der Waals surface area contributed by atoms with Crippen LogP contribution in [0.4, 0.5) is 0 Å². The summed E-state index contributed by atoms with van der Waals surface area (Å²) in [5, 5.41) is 0. The number of fused-ring (bicyclic) bond motifs is 1. The van der Waals surface area contributed by atoms with E-state index >= 15 is 0 Å². The summed E-state index contributed by atoms with van der Waals surface area (Å²) < 4.78 is 2.33. The maximum absolute atomic E-state index is 2.49. The van der Waals surface area contributed by atoms with Crippen LogP contribution in [0.3, 0.4) is 0 Å². The lowest BCUT2D eigenvalue weighted by atomic mass is 10.1. The minimum Gasteiger partial charge on any atom is -0.321 e. The highest BCUT2D eigenvalue weighted by Crippen LogP contribution is 2.17. The van der Waals surface area contributed by atoms with Crippen molar-refractivity contribution in [2.75, 3.05) is 19.6 Å². The van der Waals surface area contributed by atoms with Crippen LogP contribution in [0.25, 0.3) is 5.52 Å². The highest BCUT2D eigenvalue weighted by molar-refractivity contribution is 5.53. The molecular formula is C16H24N2. The van der Waals surface area contributed by atoms with E-state index in [2.05, 4.69) is 60.5 Å². The van der Waals surface area contributed by atoms with E-state index in [4.69, 9.17) is 0 Å². The first kappa shape index (κ1) is 13.2. The fourth-order valence-electron chi connectivity index (χ4n) is 2.64. The normalized spacial score (nSPS) is 11.6. The van der Waals surface area contributed by atoms with Gasteiger partial charge in [-0.05, 0) is 63.2 Å². The molecule has 0 aromatic carbocycles. The van der Waals surface area contributed by atoms with E-state index in [1.807, 2.05) is 0 Å². The molecule has 98 valence electrons. The van der Waals surface area contributed by atoms with Crippen LogP contribution in [-0.4, -0.2) is 28.9 Å². The second-order valence-corrected chi connectivity index (χ2v) is 4.90. The molecular weight excluding hydrogens is 220 g/mol. The van der Waals surface area contributed by atoms with Gasteiger partial charge >= 0.3 is 0 Å². The summed E-state index contributed by atoms with van der Waals surface area (Å²) >= 11 is 0. The molecule has 0 aliphatic carbocycles. The maximum Gasteiger partial charge on any atom is 0.0455 e. The van der Waals surface area contributed by atoms with Gasteiger partial charge < -0.3 is 9.30 Å². The quantitative estimate of drug-likeness (QED) is 0.754. The average molecular weight is 244 g/mol. The fraction of sp³-hybridized carbons (Fsp3) is 0.500. The van der Waals surface area contributed by atoms with Crippen LogP contribution in [-0.2, 0) is 6.42 Å². The molecule has 2 nitrogen and oxygen atoms in total. The number of pyridine rings is 1. The van der Waals surface area contributed by atoms with Gasteiger partial charge in [0.2, 0.25) is 0 Å². The van der Waals surface area contributed by atoms with Crippen molar-refractivity contribution in [2.24, 2.45) is 0 Å². The lowest BCUT2D eigenvalue weighted by Crippen LogP contribution is -2.24. The van der Waals surface area contributed by atoms with Crippen LogP contribution in [0.5, 0.6) is 0 Å². The summed E-state index contributed by atoms with van der Waals surface area (Å²) in [6.45, 7) is 10.2. The molecule has 0 radical (unpaired) electrons. The zero-order valence-corrected chi connectivity index (χ0v) is 11.8. The molecule has 0 saturated carbocycles. The Kier molecular flexibility index (Phi) is 4.43. The largest absolute Gasteiger partial charge is 0.321 e. The van der Waals surface area contributed by atoms with E-state index in [0.29, 0.717) is 0 Å². The van der Waals surface area contributed by atoms with Crippen molar-refractivity contribution < 1.29 is 0 Å². The van der Waals surface area contributed by atoms with Crippen molar-refractivity contribution in [3.8, 4) is 0 Å². The Morgan fingerprint density at radius 1 is 1.17 bits per heavy atom. The number of aromatic nitrogens is 1. The molecule has 0 saturated heterocycles. The van der Waals surface area contributed by atoms with E-state index in [0.717, 1.165) is 13.1 Å². The molecule has 2 aromatic heterocycles. The minimum absolute atomic E-state index is 1.16. The van der Waals surface area contributed by atoms with Crippen molar-refractivity contribution in [3.63, 3.8) is 0 Å². The Hall–Kier alpha value is -1.28. The standard InChI is InChI=1S/C16H24N2/c1-4-17(5-2)11-8-10-16-14(3)13-15-9-6-7-12-18(15)16/h6-7,9,12-13H,4-5,8,10-11H2,1-3H3. The molecule has 0 spiro atoms. The van der Waals surface area contributed by atoms with Crippen molar-refractivity contribution in [1.82, 2.24) is 9.30 Å². The molecule has 18 heavy (non-hydrogen) atoms. The lowest BCUT2D eigenvalue weighted by molar-refractivity contribution is 0.299. The first-order chi connectivity index (χ1) is 8.76. The summed E-state index contributed by atoms with van der Waals surface area (Å²) in [5.74, 6) is 0. The van der Waals surface area contributed by atoms with Gasteiger partial charge in [-0.1, -0.05) is 19.9 Å². The van der Waals surface area contributed by atoms with Crippen molar-refractivity contribution >= 4 is 5.52 Å². The van der Waals surface area contributed by atoms with Crippen LogP contribution < -0.4 is 0 Å². The molecule has 2 heterocycles. The Bertz CT molecular complexity index is 495. The lowest BCUT2D eigenvalue weighted by Gasteiger charge is -2.17. The summed E-state index contributed by atoms with van der Waals surface area (Å²) in [6, 6.07) is 8.68. The predicted octanol–water partition coefficient (Wildman–Crippen LogP) is 3.52. The van der Waals surface area contributed by atoms with Gasteiger partial charge in [0.05, 0.1) is 0 Å². The van der Waals surface area contributed by atoms with E-state index < -0.39 is 0 Å². The van der Waals surface area contributed by atoms with Gasteiger partial charge in [0.25, 0.3) is 0 Å². The number of hydrogen-bond donors (Lipinski definition) is 0. The van der Waals surface area contributed by atoms with Gasteiger partial charge in [0.15, 0.2) is 0 Å². The third-order valence-corrected chi connectivity index (χ3v) is 3.78. The molecule has 0 aliphatic rings. The Morgan fingerprint density at radius 3 is 2.67 bits per heavy atom. The molecule has 0 atom stereocenters. The second kappa shape index (κ2) is 6.05. The van der Waals surface area contributed by atoms with E-state index in [1.165, 1.54) is 36.2 Å². The summed E-state index contributed by atoms with van der Waals surface area (Å²) in [6.07, 6.45) is 4.58. The molecule has 2 aromatic rings. The van der Waals surface area contributed by atoms with Gasteiger partial charge in [-0.25, -0.2) is 0 Å². The van der Waals surface area contributed by atoms with E-state index in [1.54, 1.807) is 0 Å². The Labute approximate surface area is 110 Å². The monoisotopic (exact) mass is 244 g/mol. The topological polar surface area (TPSA) is 7.65 Å². The summed E-state index contributed by atoms with van der Waals surface area (Å²) in [7, 11) is 0. The predicted molar refractivity (Wildman–Crippen MR) is 78.2 cm³/mol. The number of nitrogens with zero attached hydrogens (tertiary/aromatic N) is 2. The SMILES string of the molecule is CCN(CC)CCCc1c(C)cc2ccccn12. The van der Waals surface area contributed by atoms with Gasteiger partial charge in [0, 0.05) is 17.4 Å². The van der Waals surface area contributed by atoms with Gasteiger partial charge in [-0.3, -0.25) is 0 Å². The third kappa shape index (κ3) is 2.75. The Morgan fingerprint density at radius 2 is 1.94 bits per heavy atom. The highest BCUT2D eigenvalue weighted by Gasteiger charge is 2.06. The first-order valence-corrected chi connectivity index (χ1v) is 7.04. The van der Waals surface area contributed by atoms with Crippen LogP contribution >= 0.6 is 0 Å². The maximum atomic E-state index is 2.49. The molecule has 0 bridgehead atoms. The molecule has 0 unspecified atom stereocenters. The third-order valence-electron chi connectivity index (χ3n) is 3.78. The van der Waals surface area contributed by atoms with Gasteiger partial charge in [0.1, 0.15) is 0 Å². The smallest absolute Gasteiger partial charge is 0.0455 e. The average Bonchev–Trinajstić information content (AvgIpc) is 2.71. The Balaban J connectivity index is 2.05. The van der Waals surface area contributed by atoms with E-state index in [9.17, 15) is 0 Å². The molecule has 2 rings (SSSR count). The van der Waals surface area contributed by atoms with Crippen molar-refractivity contribution in [1.29, 1.82) is 0 Å². The molecule has 0 N–H and O–H groups in total. The van der Waals surface area contributed by atoms with Crippen LogP contribution in [0.15, 0.2) is 30.5 Å². The zero-order valence-electron chi connectivity index (χ0n) is 11.8. The van der Waals surface area contributed by atoms with Crippen LogP contribution in [0, 0.1) is 6.92 Å². The summed E-state index contributed by atoms with van der Waals surface area (Å²) in [5.41, 5.74) is 4.20. The van der Waals surface area contributed by atoms with Crippen LogP contribution in [0.1, 0.15) is 31.5 Å². The first-order valence-electron chi connectivity index (χ1n) is 7.04. The summed E-state index contributed by atoms with van der Waals surface area (Å²) in [4.78, 5) is 2.49. The van der Waals surface area contributed by atoms with Gasteiger partial charge in [-0.15, -0.1) is 0 Å². The molecule has 0 amide bonds. The van der Waals surface area contributed by atoms with Crippen molar-refractivity contribution in [3.05, 3.63) is 41.7 Å². The van der Waals surface area contributed by atoms with E-state index in [-0.39, 0.29) is 0 Å². The number of rotatable bonds is 6. The molecule has 0 fully saturated rings. The molecule has 2 heteroatoms. The zero-order chi connectivity index (χ0) is 13.0. The number of hydrogen-bond acceptors (Lipinski definition) is 1. The van der Waals surface area contributed by atoms with Crippen molar-refractivity contribution in [2.45, 2.75) is 33.6 Å². The fourth-order valence-corrected chi connectivity index (χ4v) is 2.64.